The molecule has 0 aromatic carbocycles. The molecule has 0 aliphatic rings. The van der Waals surface area contributed by atoms with Crippen molar-refractivity contribution in [3.63, 3.8) is 0 Å². The van der Waals surface area contributed by atoms with Gasteiger partial charge in [0.1, 0.15) is 0 Å². The van der Waals surface area contributed by atoms with Gasteiger partial charge in [0.2, 0.25) is 0 Å². The normalized spacial score (nSPS) is 14.9. The summed E-state index contributed by atoms with van der Waals surface area (Å²) < 4.78 is 0. The second-order valence-electron chi connectivity index (χ2n) is 4.19. The van der Waals surface area contributed by atoms with Gasteiger partial charge in [-0.3, -0.25) is 0 Å². The lowest BCUT2D eigenvalue weighted by atomic mass is 10.0. The van der Waals surface area contributed by atoms with Gasteiger partial charge >= 0.3 is 0 Å². The smallest absolute Gasteiger partial charge is 0.151 e. The van der Waals surface area contributed by atoms with Gasteiger partial charge in [0.15, 0.2) is 10.3 Å². The third-order valence-corrected chi connectivity index (χ3v) is 3.57. The van der Waals surface area contributed by atoms with Crippen molar-refractivity contribution in [3.8, 4) is 0 Å². The number of nitrogens with zero attached hydrogens (tertiary/aromatic N) is 2. The molecule has 0 unspecified atom stereocenters. The van der Waals surface area contributed by atoms with E-state index in [-0.39, 0.29) is 0 Å². The minimum atomic E-state index is 0.295. The van der Waals surface area contributed by atoms with Crippen LogP contribution in [0.5, 0.6) is 0 Å². The van der Waals surface area contributed by atoms with Gasteiger partial charge in [-0.1, -0.05) is 50.9 Å². The first kappa shape index (κ1) is 13.7. The van der Waals surface area contributed by atoms with Crippen LogP contribution in [0, 0.1) is 0 Å². The summed E-state index contributed by atoms with van der Waals surface area (Å²) in [7, 11) is 0. The van der Waals surface area contributed by atoms with Crippen molar-refractivity contribution < 1.29 is 0 Å². The van der Waals surface area contributed by atoms with Crippen LogP contribution in [0.2, 0.25) is 10.3 Å². The van der Waals surface area contributed by atoms with Crippen molar-refractivity contribution in [2.75, 3.05) is 0 Å². The van der Waals surface area contributed by atoms with E-state index < -0.39 is 0 Å². The van der Waals surface area contributed by atoms with Crippen molar-refractivity contribution in [3.05, 3.63) is 21.7 Å². The maximum absolute atomic E-state index is 6.14. The minimum Gasteiger partial charge on any atom is -0.236 e. The van der Waals surface area contributed by atoms with Crippen LogP contribution in [0.4, 0.5) is 0 Å². The maximum atomic E-state index is 6.14. The zero-order valence-electron chi connectivity index (χ0n) is 10.2. The van der Waals surface area contributed by atoms with Crippen LogP contribution in [0.15, 0.2) is 0 Å². The van der Waals surface area contributed by atoms with Crippen LogP contribution in [0.25, 0.3) is 0 Å². The van der Waals surface area contributed by atoms with Crippen LogP contribution < -0.4 is 0 Å². The van der Waals surface area contributed by atoms with Crippen molar-refractivity contribution in [1.29, 1.82) is 0 Å². The summed E-state index contributed by atoms with van der Waals surface area (Å²) in [6.45, 7) is 8.35. The standard InChI is InChI=1S/C12H18Cl2N2/c1-5-7(3)9-11(13)16-10(8(4)6-2)12(14)15-9/h7-8H,5-6H2,1-4H3/t7-,8-/m0/s1. The molecule has 0 amide bonds. The predicted octanol–water partition coefficient (Wildman–Crippen LogP) is 4.81. The molecule has 2 atom stereocenters. The molecule has 0 saturated carbocycles. The topological polar surface area (TPSA) is 25.8 Å². The number of halogens is 2. The van der Waals surface area contributed by atoms with Crippen LogP contribution >= 0.6 is 23.2 Å². The average molecular weight is 261 g/mol. The molecule has 0 aliphatic carbocycles. The van der Waals surface area contributed by atoms with E-state index in [2.05, 4.69) is 37.7 Å². The number of hydrogen-bond acceptors (Lipinski definition) is 2. The number of hydrogen-bond donors (Lipinski definition) is 0. The number of rotatable bonds is 4. The molecule has 1 heterocycles. The third-order valence-electron chi connectivity index (χ3n) is 3.02. The predicted molar refractivity (Wildman–Crippen MR) is 69.5 cm³/mol. The Morgan fingerprint density at radius 2 is 1.19 bits per heavy atom. The molecule has 0 saturated heterocycles. The van der Waals surface area contributed by atoms with Crippen molar-refractivity contribution in [2.45, 2.75) is 52.4 Å². The van der Waals surface area contributed by atoms with Crippen LogP contribution in [0.1, 0.15) is 63.8 Å². The van der Waals surface area contributed by atoms with Crippen molar-refractivity contribution >= 4 is 23.2 Å². The van der Waals surface area contributed by atoms with Crippen LogP contribution in [0.3, 0.4) is 0 Å². The molecular weight excluding hydrogens is 243 g/mol. The Bertz CT molecular complexity index is 331. The monoisotopic (exact) mass is 260 g/mol. The van der Waals surface area contributed by atoms with E-state index in [1.54, 1.807) is 0 Å². The summed E-state index contributed by atoms with van der Waals surface area (Å²) in [6, 6.07) is 0. The van der Waals surface area contributed by atoms with E-state index >= 15 is 0 Å². The maximum Gasteiger partial charge on any atom is 0.151 e. The van der Waals surface area contributed by atoms with Crippen molar-refractivity contribution in [2.24, 2.45) is 0 Å². The van der Waals surface area contributed by atoms with Crippen molar-refractivity contribution in [1.82, 2.24) is 9.97 Å². The fourth-order valence-electron chi connectivity index (χ4n) is 1.43. The van der Waals surface area contributed by atoms with E-state index in [1.807, 2.05) is 0 Å². The van der Waals surface area contributed by atoms with Gasteiger partial charge in [0, 0.05) is 11.8 Å². The quantitative estimate of drug-likeness (QED) is 0.777. The van der Waals surface area contributed by atoms with Crippen LogP contribution in [-0.4, -0.2) is 9.97 Å². The Labute approximate surface area is 107 Å². The molecule has 4 heteroatoms. The second kappa shape index (κ2) is 5.83. The summed E-state index contributed by atoms with van der Waals surface area (Å²) in [5.41, 5.74) is 1.61. The Balaban J connectivity index is 3.16. The number of aromatic nitrogens is 2. The molecule has 1 aromatic heterocycles. The Hall–Kier alpha value is -0.340. The Morgan fingerprint density at radius 3 is 1.44 bits per heavy atom. The molecule has 0 radical (unpaired) electrons. The molecule has 0 fully saturated rings. The fourth-order valence-corrected chi connectivity index (χ4v) is 2.07. The molecule has 2 nitrogen and oxygen atoms in total. The molecule has 16 heavy (non-hydrogen) atoms. The van der Waals surface area contributed by atoms with Gasteiger partial charge in [-0.25, -0.2) is 9.97 Å². The minimum absolute atomic E-state index is 0.295. The molecule has 0 spiro atoms. The van der Waals surface area contributed by atoms with Gasteiger partial charge in [-0.2, -0.15) is 0 Å². The summed E-state index contributed by atoms with van der Waals surface area (Å²) in [4.78, 5) is 8.77. The van der Waals surface area contributed by atoms with E-state index in [1.165, 1.54) is 0 Å². The molecule has 0 N–H and O–H groups in total. The second-order valence-corrected chi connectivity index (χ2v) is 4.91. The molecule has 90 valence electrons. The first-order valence-corrected chi connectivity index (χ1v) is 6.49. The summed E-state index contributed by atoms with van der Waals surface area (Å²) in [6.07, 6.45) is 1.96. The highest BCUT2D eigenvalue weighted by atomic mass is 35.5. The highest BCUT2D eigenvalue weighted by molar-refractivity contribution is 6.32. The van der Waals surface area contributed by atoms with Gasteiger partial charge in [-0.15, -0.1) is 0 Å². The summed E-state index contributed by atoms with van der Waals surface area (Å²) in [5, 5.41) is 0.989. The highest BCUT2D eigenvalue weighted by Crippen LogP contribution is 2.30. The van der Waals surface area contributed by atoms with Gasteiger partial charge in [-0.05, 0) is 12.8 Å². The largest absolute Gasteiger partial charge is 0.236 e. The third kappa shape index (κ3) is 2.86. The first-order chi connectivity index (χ1) is 7.51. The molecular formula is C12H18Cl2N2. The molecule has 0 bridgehead atoms. The zero-order chi connectivity index (χ0) is 12.3. The Kier molecular flexibility index (Phi) is 5.00. The van der Waals surface area contributed by atoms with E-state index in [4.69, 9.17) is 23.2 Å². The zero-order valence-corrected chi connectivity index (χ0v) is 11.7. The van der Waals surface area contributed by atoms with E-state index in [9.17, 15) is 0 Å². The first-order valence-electron chi connectivity index (χ1n) is 5.74. The lowest BCUT2D eigenvalue weighted by Crippen LogP contribution is -2.05. The van der Waals surface area contributed by atoms with Crippen LogP contribution in [-0.2, 0) is 0 Å². The fraction of sp³-hybridized carbons (Fsp3) is 0.667. The summed E-state index contributed by atoms with van der Waals surface area (Å²) >= 11 is 12.3. The Morgan fingerprint density at radius 1 is 0.875 bits per heavy atom. The molecule has 0 aliphatic heterocycles. The van der Waals surface area contributed by atoms with E-state index in [0.717, 1.165) is 24.2 Å². The lowest BCUT2D eigenvalue weighted by Gasteiger charge is -2.14. The SMILES string of the molecule is CC[C@H](C)c1nc(Cl)c([C@@H](C)CC)nc1Cl. The summed E-state index contributed by atoms with van der Waals surface area (Å²) in [5.74, 6) is 0.590. The average Bonchev–Trinajstić information content (AvgIpc) is 2.29. The molecule has 1 rings (SSSR count). The van der Waals surface area contributed by atoms with Gasteiger partial charge < -0.3 is 0 Å². The van der Waals surface area contributed by atoms with Gasteiger partial charge in [0.25, 0.3) is 0 Å². The van der Waals surface area contributed by atoms with Gasteiger partial charge in [0.05, 0.1) is 11.4 Å². The lowest BCUT2D eigenvalue weighted by molar-refractivity contribution is 0.673. The van der Waals surface area contributed by atoms with E-state index in [0.29, 0.717) is 22.1 Å². The highest BCUT2D eigenvalue weighted by Gasteiger charge is 2.17. The molecule has 1 aromatic rings.